The molecule has 2 rings (SSSR count). The summed E-state index contributed by atoms with van der Waals surface area (Å²) in [4.78, 5) is 37.5. The lowest BCUT2D eigenvalue weighted by atomic mass is 9.97. The second-order valence-corrected chi connectivity index (χ2v) is 7.89. The number of nitrogens with one attached hydrogen (secondary N) is 1. The number of hydrogen-bond donors (Lipinski definition) is 1. The number of esters is 1. The van der Waals surface area contributed by atoms with E-state index in [1.165, 1.54) is 0 Å². The second-order valence-electron chi connectivity index (χ2n) is 7.89. The summed E-state index contributed by atoms with van der Waals surface area (Å²) in [5.41, 5.74) is 2.05. The van der Waals surface area contributed by atoms with Crippen LogP contribution < -0.4 is 10.1 Å². The first kappa shape index (κ1) is 24.1. The molecule has 0 fully saturated rings. The Morgan fingerprint density at radius 1 is 0.903 bits per heavy atom. The number of amides is 1. The van der Waals surface area contributed by atoms with Crippen LogP contribution >= 0.6 is 0 Å². The van der Waals surface area contributed by atoms with Gasteiger partial charge in [0.15, 0.2) is 12.4 Å². The summed E-state index contributed by atoms with van der Waals surface area (Å²) < 4.78 is 10.3. The third-order valence-corrected chi connectivity index (χ3v) is 5.32. The van der Waals surface area contributed by atoms with Gasteiger partial charge in [-0.1, -0.05) is 52.0 Å². The van der Waals surface area contributed by atoms with Crippen molar-refractivity contribution in [3.8, 4) is 5.75 Å². The largest absolute Gasteiger partial charge is 0.497 e. The average molecular weight is 426 g/mol. The standard InChI is InChI=1S/C25H31NO5/c1-6-17(4)18-7-9-19(10-8-18)22(27)15-31-25(29)23(16(2)3)26-24(28)20-11-13-21(30-5)14-12-20/h7-14,16-17,23H,6,15H2,1-5H3,(H,26,28)/t17-,23-/m0/s1. The molecule has 2 atom stereocenters. The summed E-state index contributed by atoms with van der Waals surface area (Å²) in [7, 11) is 1.54. The molecule has 0 spiro atoms. The molecule has 6 nitrogen and oxygen atoms in total. The van der Waals surface area contributed by atoms with Gasteiger partial charge in [-0.3, -0.25) is 9.59 Å². The minimum Gasteiger partial charge on any atom is -0.497 e. The molecule has 1 amide bonds. The van der Waals surface area contributed by atoms with Crippen molar-refractivity contribution >= 4 is 17.7 Å². The van der Waals surface area contributed by atoms with Gasteiger partial charge < -0.3 is 14.8 Å². The third-order valence-electron chi connectivity index (χ3n) is 5.32. The van der Waals surface area contributed by atoms with E-state index in [1.807, 2.05) is 12.1 Å². The Hall–Kier alpha value is -3.15. The Morgan fingerprint density at radius 2 is 1.48 bits per heavy atom. The molecular weight excluding hydrogens is 394 g/mol. The molecule has 0 aromatic heterocycles. The summed E-state index contributed by atoms with van der Waals surface area (Å²) >= 11 is 0. The molecule has 1 N–H and O–H groups in total. The number of rotatable bonds is 10. The first-order chi connectivity index (χ1) is 14.8. The van der Waals surface area contributed by atoms with Crippen LogP contribution in [0.5, 0.6) is 5.75 Å². The maximum atomic E-state index is 12.6. The first-order valence-corrected chi connectivity index (χ1v) is 10.5. The fraction of sp³-hybridized carbons (Fsp3) is 0.400. The van der Waals surface area contributed by atoms with Crippen LogP contribution in [0.4, 0.5) is 0 Å². The summed E-state index contributed by atoms with van der Waals surface area (Å²) in [6.45, 7) is 7.47. The van der Waals surface area contributed by atoms with Crippen LogP contribution in [-0.2, 0) is 9.53 Å². The number of carbonyl (C=O) groups is 3. The summed E-state index contributed by atoms with van der Waals surface area (Å²) in [6, 6.07) is 13.1. The van der Waals surface area contributed by atoms with E-state index < -0.39 is 17.9 Å². The van der Waals surface area contributed by atoms with Gasteiger partial charge in [0, 0.05) is 11.1 Å². The molecule has 0 aliphatic rings. The number of carbonyl (C=O) groups excluding carboxylic acids is 3. The number of benzene rings is 2. The van der Waals surface area contributed by atoms with Gasteiger partial charge in [0.05, 0.1) is 7.11 Å². The quantitative estimate of drug-likeness (QED) is 0.451. The van der Waals surface area contributed by atoms with Crippen molar-refractivity contribution in [2.24, 2.45) is 5.92 Å². The summed E-state index contributed by atoms with van der Waals surface area (Å²) in [5.74, 6) is -0.477. The number of ketones is 1. The predicted octanol–water partition coefficient (Wildman–Crippen LogP) is 4.39. The summed E-state index contributed by atoms with van der Waals surface area (Å²) in [6.07, 6.45) is 1.02. The Kier molecular flexibility index (Phi) is 8.79. The average Bonchev–Trinajstić information content (AvgIpc) is 2.79. The van der Waals surface area contributed by atoms with Crippen molar-refractivity contribution in [3.63, 3.8) is 0 Å². The Bertz CT molecular complexity index is 887. The molecule has 0 saturated heterocycles. The normalized spacial score (nSPS) is 12.7. The van der Waals surface area contributed by atoms with E-state index in [0.29, 0.717) is 22.8 Å². The molecule has 0 bridgehead atoms. The second kappa shape index (κ2) is 11.3. The zero-order chi connectivity index (χ0) is 23.0. The van der Waals surface area contributed by atoms with Crippen molar-refractivity contribution in [2.75, 3.05) is 13.7 Å². The van der Waals surface area contributed by atoms with Gasteiger partial charge in [-0.05, 0) is 48.1 Å². The molecule has 2 aromatic carbocycles. The molecule has 0 radical (unpaired) electrons. The SMILES string of the molecule is CC[C@H](C)c1ccc(C(=O)COC(=O)[C@@H](NC(=O)c2ccc(OC)cc2)C(C)C)cc1. The Balaban J connectivity index is 1.96. The van der Waals surface area contributed by atoms with Gasteiger partial charge in [0.1, 0.15) is 11.8 Å². The maximum absolute atomic E-state index is 12.6. The molecule has 0 heterocycles. The molecule has 2 aromatic rings. The molecule has 166 valence electrons. The maximum Gasteiger partial charge on any atom is 0.329 e. The van der Waals surface area contributed by atoms with E-state index in [-0.39, 0.29) is 18.3 Å². The lowest BCUT2D eigenvalue weighted by Crippen LogP contribution is -2.45. The van der Waals surface area contributed by atoms with Gasteiger partial charge in [-0.25, -0.2) is 4.79 Å². The highest BCUT2D eigenvalue weighted by atomic mass is 16.5. The highest BCUT2D eigenvalue weighted by Crippen LogP contribution is 2.19. The lowest BCUT2D eigenvalue weighted by Gasteiger charge is -2.21. The number of Topliss-reactive ketones (excluding diaryl/α,β-unsaturated/α-hetero) is 1. The van der Waals surface area contributed by atoms with Crippen LogP contribution in [-0.4, -0.2) is 37.4 Å². The van der Waals surface area contributed by atoms with Crippen molar-refractivity contribution in [1.29, 1.82) is 0 Å². The van der Waals surface area contributed by atoms with Crippen molar-refractivity contribution in [3.05, 3.63) is 65.2 Å². The molecule has 0 aliphatic heterocycles. The van der Waals surface area contributed by atoms with E-state index in [0.717, 1.165) is 12.0 Å². The number of methoxy groups -OCH3 is 1. The van der Waals surface area contributed by atoms with Crippen molar-refractivity contribution < 1.29 is 23.9 Å². The van der Waals surface area contributed by atoms with Gasteiger partial charge in [-0.15, -0.1) is 0 Å². The molecule has 0 aliphatic carbocycles. The van der Waals surface area contributed by atoms with E-state index in [1.54, 1.807) is 57.4 Å². The van der Waals surface area contributed by atoms with Crippen LogP contribution in [0.2, 0.25) is 0 Å². The smallest absolute Gasteiger partial charge is 0.329 e. The number of ether oxygens (including phenoxy) is 2. The third kappa shape index (κ3) is 6.67. The van der Waals surface area contributed by atoms with Crippen molar-refractivity contribution in [1.82, 2.24) is 5.32 Å². The van der Waals surface area contributed by atoms with Gasteiger partial charge in [-0.2, -0.15) is 0 Å². The molecule has 0 saturated carbocycles. The predicted molar refractivity (Wildman–Crippen MR) is 120 cm³/mol. The zero-order valence-corrected chi connectivity index (χ0v) is 18.8. The van der Waals surface area contributed by atoms with Crippen LogP contribution in [0.1, 0.15) is 66.3 Å². The number of hydrogen-bond acceptors (Lipinski definition) is 5. The fourth-order valence-corrected chi connectivity index (χ4v) is 3.01. The van der Waals surface area contributed by atoms with Crippen LogP contribution in [0, 0.1) is 5.92 Å². The van der Waals surface area contributed by atoms with E-state index >= 15 is 0 Å². The van der Waals surface area contributed by atoms with E-state index in [2.05, 4.69) is 19.2 Å². The van der Waals surface area contributed by atoms with Crippen molar-refractivity contribution in [2.45, 2.75) is 46.1 Å². The van der Waals surface area contributed by atoms with E-state index in [9.17, 15) is 14.4 Å². The zero-order valence-electron chi connectivity index (χ0n) is 18.8. The monoisotopic (exact) mass is 425 g/mol. The van der Waals surface area contributed by atoms with Crippen LogP contribution in [0.3, 0.4) is 0 Å². The van der Waals surface area contributed by atoms with Crippen LogP contribution in [0.15, 0.2) is 48.5 Å². The topological polar surface area (TPSA) is 81.7 Å². The molecule has 6 heteroatoms. The minimum atomic E-state index is -0.866. The molecule has 31 heavy (non-hydrogen) atoms. The Morgan fingerprint density at radius 3 is 2.00 bits per heavy atom. The fourth-order valence-electron chi connectivity index (χ4n) is 3.01. The first-order valence-electron chi connectivity index (χ1n) is 10.5. The minimum absolute atomic E-state index is 0.209. The van der Waals surface area contributed by atoms with Crippen LogP contribution in [0.25, 0.3) is 0 Å². The summed E-state index contributed by atoms with van der Waals surface area (Å²) in [5, 5.41) is 2.69. The Labute approximate surface area is 183 Å². The molecular formula is C25H31NO5. The van der Waals surface area contributed by atoms with Gasteiger partial charge in [0.2, 0.25) is 0 Å². The molecule has 0 unspecified atom stereocenters. The van der Waals surface area contributed by atoms with E-state index in [4.69, 9.17) is 9.47 Å². The van der Waals surface area contributed by atoms with Gasteiger partial charge in [0.25, 0.3) is 5.91 Å². The highest BCUT2D eigenvalue weighted by Gasteiger charge is 2.27. The lowest BCUT2D eigenvalue weighted by molar-refractivity contribution is -0.145. The highest BCUT2D eigenvalue weighted by molar-refractivity contribution is 5.99. The van der Waals surface area contributed by atoms with Gasteiger partial charge >= 0.3 is 5.97 Å².